The van der Waals surface area contributed by atoms with Gasteiger partial charge < -0.3 is 0 Å². The van der Waals surface area contributed by atoms with Crippen LogP contribution in [0.5, 0.6) is 0 Å². The number of nitrogens with zero attached hydrogens (tertiary/aromatic N) is 2. The van der Waals surface area contributed by atoms with E-state index in [9.17, 15) is 0 Å². The van der Waals surface area contributed by atoms with Crippen LogP contribution >= 0.6 is 11.8 Å². The van der Waals surface area contributed by atoms with E-state index < -0.39 is 0 Å². The van der Waals surface area contributed by atoms with Crippen molar-refractivity contribution in [3.8, 4) is 0 Å². The van der Waals surface area contributed by atoms with Crippen LogP contribution in [0.25, 0.3) is 0 Å². The fourth-order valence-electron chi connectivity index (χ4n) is 3.03. The summed E-state index contributed by atoms with van der Waals surface area (Å²) in [7, 11) is 0. The normalized spacial score (nSPS) is 30.0. The Morgan fingerprint density at radius 1 is 1.25 bits per heavy atom. The molecule has 2 aliphatic heterocycles. The molecular weight excluding hydrogens is 216 g/mol. The van der Waals surface area contributed by atoms with Crippen LogP contribution in [0.4, 0.5) is 0 Å². The summed E-state index contributed by atoms with van der Waals surface area (Å²) < 4.78 is 0. The summed E-state index contributed by atoms with van der Waals surface area (Å²) in [6, 6.07) is 1.64. The van der Waals surface area contributed by atoms with Crippen molar-refractivity contribution in [2.24, 2.45) is 0 Å². The van der Waals surface area contributed by atoms with Gasteiger partial charge in [-0.05, 0) is 51.6 Å². The van der Waals surface area contributed by atoms with E-state index in [4.69, 9.17) is 0 Å². The zero-order chi connectivity index (χ0) is 11.4. The first-order chi connectivity index (χ1) is 7.81. The summed E-state index contributed by atoms with van der Waals surface area (Å²) in [5.41, 5.74) is 0. The van der Waals surface area contributed by atoms with Crippen LogP contribution in [-0.2, 0) is 0 Å². The molecule has 0 amide bonds. The number of hydrogen-bond donors (Lipinski definition) is 0. The maximum Gasteiger partial charge on any atom is 0.0223 e. The van der Waals surface area contributed by atoms with Crippen molar-refractivity contribution in [1.82, 2.24) is 9.80 Å². The molecule has 2 atom stereocenters. The van der Waals surface area contributed by atoms with E-state index in [1.165, 1.54) is 56.9 Å². The van der Waals surface area contributed by atoms with Gasteiger partial charge in [0.25, 0.3) is 0 Å². The molecule has 0 aliphatic carbocycles. The van der Waals surface area contributed by atoms with Crippen molar-refractivity contribution < 1.29 is 0 Å². The van der Waals surface area contributed by atoms with Crippen molar-refractivity contribution in [3.63, 3.8) is 0 Å². The van der Waals surface area contributed by atoms with Crippen molar-refractivity contribution >= 4 is 11.8 Å². The molecule has 2 fully saturated rings. The molecule has 0 radical (unpaired) electrons. The molecule has 2 rings (SSSR count). The van der Waals surface area contributed by atoms with E-state index in [2.05, 4.69) is 35.4 Å². The van der Waals surface area contributed by atoms with E-state index in [0.29, 0.717) is 0 Å². The van der Waals surface area contributed by atoms with Crippen LogP contribution in [-0.4, -0.2) is 59.6 Å². The van der Waals surface area contributed by atoms with Gasteiger partial charge in [0, 0.05) is 24.4 Å². The second-order valence-corrected chi connectivity index (χ2v) is 6.51. The summed E-state index contributed by atoms with van der Waals surface area (Å²) >= 11 is 2.09. The lowest BCUT2D eigenvalue weighted by atomic mass is 10.2. The molecule has 2 unspecified atom stereocenters. The lowest BCUT2D eigenvalue weighted by Gasteiger charge is -2.30. The summed E-state index contributed by atoms with van der Waals surface area (Å²) in [5, 5.41) is 0. The first kappa shape index (κ1) is 12.7. The number of hydrogen-bond acceptors (Lipinski definition) is 3. The van der Waals surface area contributed by atoms with Gasteiger partial charge in [-0.15, -0.1) is 0 Å². The van der Waals surface area contributed by atoms with Crippen LogP contribution in [0.15, 0.2) is 0 Å². The first-order valence-electron chi connectivity index (χ1n) is 6.87. The summed E-state index contributed by atoms with van der Waals surface area (Å²) in [6.07, 6.45) is 4.23. The van der Waals surface area contributed by atoms with Gasteiger partial charge in [0.2, 0.25) is 0 Å². The smallest absolute Gasteiger partial charge is 0.0223 e. The van der Waals surface area contributed by atoms with E-state index in [1.54, 1.807) is 0 Å². The summed E-state index contributed by atoms with van der Waals surface area (Å²) in [6.45, 7) is 10.0. The zero-order valence-corrected chi connectivity index (χ0v) is 11.6. The number of rotatable bonds is 4. The molecule has 94 valence electrons. The van der Waals surface area contributed by atoms with E-state index in [1.807, 2.05) is 0 Å². The quantitative estimate of drug-likeness (QED) is 0.747. The molecule has 16 heavy (non-hydrogen) atoms. The Morgan fingerprint density at radius 2 is 2.06 bits per heavy atom. The third kappa shape index (κ3) is 3.14. The van der Waals surface area contributed by atoms with Gasteiger partial charge in [-0.3, -0.25) is 9.80 Å². The molecule has 2 saturated heterocycles. The largest absolute Gasteiger partial charge is 0.299 e. The second-order valence-electron chi connectivity index (χ2n) is 5.19. The summed E-state index contributed by atoms with van der Waals surface area (Å²) in [5.74, 6) is 2.57. The standard InChI is InChI=1S/C13H26N2S/c1-3-16-11-12(2)15-9-5-8-14-7-4-6-13(14)10-15/h12-13H,3-11H2,1-2H3. The number of thioether (sulfide) groups is 1. The molecule has 0 aromatic carbocycles. The van der Waals surface area contributed by atoms with Gasteiger partial charge in [-0.25, -0.2) is 0 Å². The molecule has 0 saturated carbocycles. The Hall–Kier alpha value is 0.270. The maximum atomic E-state index is 2.73. The monoisotopic (exact) mass is 242 g/mol. The fraction of sp³-hybridized carbons (Fsp3) is 1.00. The lowest BCUT2D eigenvalue weighted by Crippen LogP contribution is -2.41. The first-order valence-corrected chi connectivity index (χ1v) is 8.02. The molecule has 0 aromatic heterocycles. The molecule has 0 N–H and O–H groups in total. The molecule has 2 nitrogen and oxygen atoms in total. The third-order valence-corrected chi connectivity index (χ3v) is 5.15. The highest BCUT2D eigenvalue weighted by atomic mass is 32.2. The maximum absolute atomic E-state index is 2.73. The van der Waals surface area contributed by atoms with Crippen molar-refractivity contribution in [2.75, 3.05) is 37.7 Å². The van der Waals surface area contributed by atoms with Gasteiger partial charge in [0.1, 0.15) is 0 Å². The van der Waals surface area contributed by atoms with Gasteiger partial charge in [-0.2, -0.15) is 11.8 Å². The van der Waals surface area contributed by atoms with Crippen molar-refractivity contribution in [1.29, 1.82) is 0 Å². The van der Waals surface area contributed by atoms with Gasteiger partial charge >= 0.3 is 0 Å². The van der Waals surface area contributed by atoms with Crippen LogP contribution in [0.3, 0.4) is 0 Å². The zero-order valence-electron chi connectivity index (χ0n) is 10.8. The Labute approximate surface area is 105 Å². The molecule has 0 aromatic rings. The molecule has 3 heteroatoms. The average molecular weight is 242 g/mol. The molecular formula is C13H26N2S. The Bertz CT molecular complexity index is 210. The van der Waals surface area contributed by atoms with Gasteiger partial charge in [-0.1, -0.05) is 6.92 Å². The summed E-state index contributed by atoms with van der Waals surface area (Å²) in [4.78, 5) is 5.46. The lowest BCUT2D eigenvalue weighted by molar-refractivity contribution is 0.192. The van der Waals surface area contributed by atoms with Crippen molar-refractivity contribution in [3.05, 3.63) is 0 Å². The highest BCUT2D eigenvalue weighted by Crippen LogP contribution is 2.23. The highest BCUT2D eigenvalue weighted by molar-refractivity contribution is 7.99. The van der Waals surface area contributed by atoms with E-state index in [-0.39, 0.29) is 0 Å². The van der Waals surface area contributed by atoms with E-state index >= 15 is 0 Å². The molecule has 0 bridgehead atoms. The fourth-order valence-corrected chi connectivity index (χ4v) is 3.82. The SMILES string of the molecule is CCSCC(C)N1CCCN2CCCC2C1. The minimum Gasteiger partial charge on any atom is -0.299 e. The van der Waals surface area contributed by atoms with Crippen LogP contribution in [0.1, 0.15) is 33.1 Å². The third-order valence-electron chi connectivity index (χ3n) is 4.02. The predicted molar refractivity (Wildman–Crippen MR) is 73.2 cm³/mol. The van der Waals surface area contributed by atoms with Crippen molar-refractivity contribution in [2.45, 2.75) is 45.2 Å². The predicted octanol–water partition coefficient (Wildman–Crippen LogP) is 2.30. The Balaban J connectivity index is 1.84. The second kappa shape index (κ2) is 6.27. The number of fused-ring (bicyclic) bond motifs is 1. The average Bonchev–Trinajstić information content (AvgIpc) is 2.63. The Morgan fingerprint density at radius 3 is 2.88 bits per heavy atom. The molecule has 2 heterocycles. The Kier molecular flexibility index (Phi) is 4.98. The van der Waals surface area contributed by atoms with Crippen LogP contribution < -0.4 is 0 Å². The molecule has 0 spiro atoms. The highest BCUT2D eigenvalue weighted by Gasteiger charge is 2.29. The topological polar surface area (TPSA) is 6.48 Å². The van der Waals surface area contributed by atoms with Gasteiger partial charge in [0.15, 0.2) is 0 Å². The van der Waals surface area contributed by atoms with Crippen LogP contribution in [0, 0.1) is 0 Å². The minimum atomic E-state index is 0.769. The van der Waals surface area contributed by atoms with Gasteiger partial charge in [0.05, 0.1) is 0 Å². The minimum absolute atomic E-state index is 0.769. The van der Waals surface area contributed by atoms with Crippen LogP contribution in [0.2, 0.25) is 0 Å². The van der Waals surface area contributed by atoms with E-state index in [0.717, 1.165) is 12.1 Å². The molecule has 2 aliphatic rings.